The molecule has 1 saturated carbocycles. The average molecular weight is 293 g/mol. The van der Waals surface area contributed by atoms with Gasteiger partial charge in [-0.15, -0.1) is 0 Å². The van der Waals surface area contributed by atoms with E-state index in [1.807, 2.05) is 11.8 Å². The number of nitrogens with one attached hydrogen (secondary N) is 1. The Morgan fingerprint density at radius 1 is 1.20 bits per heavy atom. The summed E-state index contributed by atoms with van der Waals surface area (Å²) in [6.45, 7) is 2.30. The van der Waals surface area contributed by atoms with E-state index in [1.165, 1.54) is 50.6 Å². The summed E-state index contributed by atoms with van der Waals surface area (Å²) in [5, 5.41) is 4.63. The third-order valence-electron chi connectivity index (χ3n) is 5.04. The van der Waals surface area contributed by atoms with Crippen LogP contribution in [0.15, 0.2) is 12.5 Å². The maximum Gasteiger partial charge on any atom is 0.0951 e. The zero-order valence-electron chi connectivity index (χ0n) is 12.7. The molecule has 0 radical (unpaired) electrons. The minimum absolute atomic E-state index is 0.513. The highest BCUT2D eigenvalue weighted by molar-refractivity contribution is 7.99. The van der Waals surface area contributed by atoms with Gasteiger partial charge in [-0.1, -0.05) is 0 Å². The SMILES string of the molecule is CSC1CCC(n2cncc2C2CCCC(C)N2)CC1. The molecule has 2 fully saturated rings. The first kappa shape index (κ1) is 14.5. The Bertz CT molecular complexity index is 423. The lowest BCUT2D eigenvalue weighted by molar-refractivity contribution is 0.302. The molecule has 1 aromatic heterocycles. The Morgan fingerprint density at radius 3 is 2.70 bits per heavy atom. The van der Waals surface area contributed by atoms with Crippen LogP contribution in [0.1, 0.15) is 69.6 Å². The lowest BCUT2D eigenvalue weighted by atomic mass is 9.93. The van der Waals surface area contributed by atoms with Crippen molar-refractivity contribution in [2.45, 2.75) is 75.2 Å². The van der Waals surface area contributed by atoms with Crippen LogP contribution in [-0.4, -0.2) is 27.1 Å². The number of thioether (sulfide) groups is 1. The zero-order valence-corrected chi connectivity index (χ0v) is 13.5. The van der Waals surface area contributed by atoms with Crippen molar-refractivity contribution in [3.63, 3.8) is 0 Å². The highest BCUT2D eigenvalue weighted by atomic mass is 32.2. The Kier molecular flexibility index (Phi) is 4.72. The van der Waals surface area contributed by atoms with Gasteiger partial charge in [0.2, 0.25) is 0 Å². The second-order valence-corrected chi connectivity index (χ2v) is 7.58. The quantitative estimate of drug-likeness (QED) is 0.915. The minimum atomic E-state index is 0.513. The van der Waals surface area contributed by atoms with Gasteiger partial charge >= 0.3 is 0 Å². The van der Waals surface area contributed by atoms with Gasteiger partial charge < -0.3 is 9.88 Å². The molecule has 1 saturated heterocycles. The van der Waals surface area contributed by atoms with Gasteiger partial charge in [0.1, 0.15) is 0 Å². The fraction of sp³-hybridized carbons (Fsp3) is 0.812. The van der Waals surface area contributed by atoms with Crippen LogP contribution in [-0.2, 0) is 0 Å². The van der Waals surface area contributed by atoms with Crippen molar-refractivity contribution in [3.8, 4) is 0 Å². The fourth-order valence-electron chi connectivity index (χ4n) is 3.82. The number of hydrogen-bond donors (Lipinski definition) is 1. The highest BCUT2D eigenvalue weighted by Gasteiger charge is 2.27. The smallest absolute Gasteiger partial charge is 0.0951 e. The van der Waals surface area contributed by atoms with Crippen molar-refractivity contribution in [2.24, 2.45) is 0 Å². The monoisotopic (exact) mass is 293 g/mol. The maximum absolute atomic E-state index is 4.45. The summed E-state index contributed by atoms with van der Waals surface area (Å²) < 4.78 is 2.48. The first-order valence-electron chi connectivity index (χ1n) is 8.08. The normalized spacial score (nSPS) is 35.1. The number of imidazole rings is 1. The van der Waals surface area contributed by atoms with E-state index >= 15 is 0 Å². The standard InChI is InChI=1S/C16H27N3S/c1-12-4-3-5-15(18-12)16-10-17-11-19(16)13-6-8-14(20-2)9-7-13/h10-15,18H,3-9H2,1-2H3. The van der Waals surface area contributed by atoms with E-state index in [4.69, 9.17) is 0 Å². The molecule has 0 spiro atoms. The summed E-state index contributed by atoms with van der Waals surface area (Å²) in [6.07, 6.45) is 15.7. The van der Waals surface area contributed by atoms with Gasteiger partial charge in [-0.3, -0.25) is 0 Å². The van der Waals surface area contributed by atoms with E-state index in [-0.39, 0.29) is 0 Å². The molecule has 1 aromatic rings. The third-order valence-corrected chi connectivity index (χ3v) is 6.18. The van der Waals surface area contributed by atoms with Gasteiger partial charge in [0.05, 0.1) is 12.0 Å². The average Bonchev–Trinajstić information content (AvgIpc) is 2.97. The molecule has 2 atom stereocenters. The van der Waals surface area contributed by atoms with Crippen LogP contribution in [0, 0.1) is 0 Å². The van der Waals surface area contributed by atoms with Crippen molar-refractivity contribution >= 4 is 11.8 Å². The van der Waals surface area contributed by atoms with Crippen molar-refractivity contribution in [3.05, 3.63) is 18.2 Å². The Morgan fingerprint density at radius 2 is 2.00 bits per heavy atom. The molecular weight excluding hydrogens is 266 g/mol. The van der Waals surface area contributed by atoms with Crippen LogP contribution in [0.3, 0.4) is 0 Å². The second-order valence-electron chi connectivity index (χ2n) is 6.44. The molecule has 0 bridgehead atoms. The number of nitrogens with zero attached hydrogens (tertiary/aromatic N) is 2. The van der Waals surface area contributed by atoms with Crippen LogP contribution in [0.25, 0.3) is 0 Å². The van der Waals surface area contributed by atoms with E-state index in [2.05, 4.69) is 40.6 Å². The van der Waals surface area contributed by atoms with Crippen LogP contribution in [0.5, 0.6) is 0 Å². The molecule has 0 amide bonds. The lowest BCUT2D eigenvalue weighted by Crippen LogP contribution is -2.36. The Labute approximate surface area is 126 Å². The number of aromatic nitrogens is 2. The summed E-state index contributed by atoms with van der Waals surface area (Å²) in [5.41, 5.74) is 1.42. The summed E-state index contributed by atoms with van der Waals surface area (Å²) in [5.74, 6) is 0. The van der Waals surface area contributed by atoms with Crippen molar-refractivity contribution in [2.75, 3.05) is 6.26 Å². The molecule has 3 nitrogen and oxygen atoms in total. The molecule has 1 aliphatic carbocycles. The molecule has 112 valence electrons. The summed E-state index contributed by atoms with van der Waals surface area (Å²) in [6, 6.07) is 1.83. The molecule has 1 aliphatic heterocycles. The summed E-state index contributed by atoms with van der Waals surface area (Å²) >= 11 is 2.04. The third kappa shape index (κ3) is 3.06. The van der Waals surface area contributed by atoms with Crippen molar-refractivity contribution < 1.29 is 0 Å². The zero-order chi connectivity index (χ0) is 13.9. The van der Waals surface area contributed by atoms with Gasteiger partial charge in [0, 0.05) is 29.6 Å². The minimum Gasteiger partial charge on any atom is -0.330 e. The summed E-state index contributed by atoms with van der Waals surface area (Å²) in [4.78, 5) is 4.45. The predicted molar refractivity (Wildman–Crippen MR) is 86.2 cm³/mol. The molecule has 1 N–H and O–H groups in total. The summed E-state index contributed by atoms with van der Waals surface area (Å²) in [7, 11) is 0. The van der Waals surface area contributed by atoms with Gasteiger partial charge in [-0.25, -0.2) is 4.98 Å². The molecule has 2 heterocycles. The number of rotatable bonds is 3. The second kappa shape index (κ2) is 6.52. The van der Waals surface area contributed by atoms with Crippen molar-refractivity contribution in [1.82, 2.24) is 14.9 Å². The molecule has 0 aromatic carbocycles. The van der Waals surface area contributed by atoms with Gasteiger partial charge in [-0.05, 0) is 58.1 Å². The van der Waals surface area contributed by atoms with Crippen LogP contribution in [0.4, 0.5) is 0 Å². The topological polar surface area (TPSA) is 29.9 Å². The van der Waals surface area contributed by atoms with Crippen LogP contribution < -0.4 is 5.32 Å². The number of hydrogen-bond acceptors (Lipinski definition) is 3. The first-order valence-corrected chi connectivity index (χ1v) is 9.37. The maximum atomic E-state index is 4.45. The Balaban J connectivity index is 1.70. The molecule has 2 unspecified atom stereocenters. The van der Waals surface area contributed by atoms with E-state index in [9.17, 15) is 0 Å². The molecule has 3 rings (SSSR count). The van der Waals surface area contributed by atoms with E-state index in [1.54, 1.807) is 0 Å². The fourth-order valence-corrected chi connectivity index (χ4v) is 4.56. The van der Waals surface area contributed by atoms with E-state index in [0.717, 1.165) is 5.25 Å². The molecular formula is C16H27N3S. The van der Waals surface area contributed by atoms with Gasteiger partial charge in [-0.2, -0.15) is 11.8 Å². The molecule has 2 aliphatic rings. The van der Waals surface area contributed by atoms with Crippen LogP contribution >= 0.6 is 11.8 Å². The largest absolute Gasteiger partial charge is 0.330 e. The first-order chi connectivity index (χ1) is 9.78. The Hall–Kier alpha value is -0.480. The van der Waals surface area contributed by atoms with E-state index < -0.39 is 0 Å². The van der Waals surface area contributed by atoms with Crippen LogP contribution in [0.2, 0.25) is 0 Å². The molecule has 4 heteroatoms. The predicted octanol–water partition coefficient (Wildman–Crippen LogP) is 3.93. The highest BCUT2D eigenvalue weighted by Crippen LogP contribution is 2.36. The lowest BCUT2D eigenvalue weighted by Gasteiger charge is -2.33. The van der Waals surface area contributed by atoms with E-state index in [0.29, 0.717) is 18.1 Å². The number of piperidine rings is 1. The van der Waals surface area contributed by atoms with Crippen molar-refractivity contribution in [1.29, 1.82) is 0 Å². The van der Waals surface area contributed by atoms with Gasteiger partial charge in [0.25, 0.3) is 0 Å². The molecule has 20 heavy (non-hydrogen) atoms. The van der Waals surface area contributed by atoms with Gasteiger partial charge in [0.15, 0.2) is 0 Å².